The van der Waals surface area contributed by atoms with Crippen LogP contribution in [0.15, 0.2) is 0 Å². The van der Waals surface area contributed by atoms with E-state index in [1.807, 2.05) is 4.90 Å². The zero-order chi connectivity index (χ0) is 14.7. The number of nitrogens with zero attached hydrogens (tertiary/aromatic N) is 1. The third-order valence-electron chi connectivity index (χ3n) is 3.01. The topological polar surface area (TPSA) is 52.6 Å². The van der Waals surface area contributed by atoms with Crippen LogP contribution >= 0.6 is 7.60 Å². The maximum absolute atomic E-state index is 11.9. The van der Waals surface area contributed by atoms with Gasteiger partial charge in [-0.25, -0.2) is 0 Å². The fourth-order valence-electron chi connectivity index (χ4n) is 1.73. The van der Waals surface area contributed by atoms with Crippen molar-refractivity contribution in [2.75, 3.05) is 26.0 Å². The van der Waals surface area contributed by atoms with Crippen molar-refractivity contribution in [2.24, 2.45) is 5.92 Å². The zero-order valence-electron chi connectivity index (χ0n) is 14.1. The minimum Gasteiger partial charge on any atom is -0.778 e. The van der Waals surface area contributed by atoms with Gasteiger partial charge in [-0.05, 0) is 38.3 Å². The van der Waals surface area contributed by atoms with E-state index in [4.69, 9.17) is 4.52 Å². The van der Waals surface area contributed by atoms with Gasteiger partial charge in [0.05, 0.1) is 12.9 Å². The molecule has 0 saturated carbocycles. The summed E-state index contributed by atoms with van der Waals surface area (Å²) in [6, 6.07) is 0. The molecule has 0 heterocycles. The maximum Gasteiger partial charge on any atom is 1.00 e. The van der Waals surface area contributed by atoms with Crippen molar-refractivity contribution >= 4 is 7.60 Å². The molecule has 1 unspecified atom stereocenters. The summed E-state index contributed by atoms with van der Waals surface area (Å²) in [5, 5.41) is 0. The molecule has 0 rings (SSSR count). The van der Waals surface area contributed by atoms with Crippen molar-refractivity contribution in [3.05, 3.63) is 0 Å². The molecule has 0 spiro atoms. The number of hydrogen-bond acceptors (Lipinski definition) is 4. The van der Waals surface area contributed by atoms with E-state index < -0.39 is 7.60 Å². The number of unbranched alkanes of at least 4 members (excludes halogenated alkanes) is 2. The van der Waals surface area contributed by atoms with Gasteiger partial charge in [0.2, 0.25) is 0 Å². The van der Waals surface area contributed by atoms with Crippen molar-refractivity contribution in [3.8, 4) is 0 Å². The van der Waals surface area contributed by atoms with Crippen molar-refractivity contribution < 1.29 is 65.4 Å². The Morgan fingerprint density at radius 2 is 1.65 bits per heavy atom. The average Bonchev–Trinajstić information content (AvgIpc) is 2.31. The van der Waals surface area contributed by atoms with Gasteiger partial charge in [0, 0.05) is 0 Å². The maximum atomic E-state index is 11.9. The minimum absolute atomic E-state index is 0. The van der Waals surface area contributed by atoms with E-state index >= 15 is 0 Å². The smallest absolute Gasteiger partial charge is 0.778 e. The molecule has 0 aromatic rings. The van der Waals surface area contributed by atoms with Crippen LogP contribution in [0.5, 0.6) is 0 Å². The van der Waals surface area contributed by atoms with Crippen LogP contribution in [0.25, 0.3) is 0 Å². The van der Waals surface area contributed by atoms with Crippen LogP contribution in [-0.2, 0) is 9.09 Å². The summed E-state index contributed by atoms with van der Waals surface area (Å²) in [6.07, 6.45) is 5.09. The van der Waals surface area contributed by atoms with E-state index in [0.717, 1.165) is 45.2 Å². The van der Waals surface area contributed by atoms with E-state index in [9.17, 15) is 9.46 Å². The molecule has 0 aliphatic carbocycles. The molecule has 6 heteroatoms. The molecule has 0 bridgehead atoms. The van der Waals surface area contributed by atoms with Gasteiger partial charge in [-0.3, -0.25) is 4.90 Å². The average molecular weight is 331 g/mol. The molecule has 20 heavy (non-hydrogen) atoms. The predicted molar refractivity (Wildman–Crippen MR) is 79.3 cm³/mol. The molecule has 0 aliphatic rings. The Kier molecular flexibility index (Phi) is 17.2. The van der Waals surface area contributed by atoms with Gasteiger partial charge in [-0.1, -0.05) is 40.5 Å². The Hall–Kier alpha value is 1.75. The summed E-state index contributed by atoms with van der Waals surface area (Å²) in [6.45, 7) is 10.4. The van der Waals surface area contributed by atoms with Gasteiger partial charge in [0.25, 0.3) is 0 Å². The first-order valence-corrected chi connectivity index (χ1v) is 9.31. The molecular weight excluding hydrogens is 300 g/mol. The summed E-state index contributed by atoms with van der Waals surface area (Å²) >= 11 is 0. The summed E-state index contributed by atoms with van der Waals surface area (Å²) in [5.74, 6) is 0.469. The van der Waals surface area contributed by atoms with Crippen LogP contribution in [-0.4, -0.2) is 30.9 Å². The monoisotopic (exact) mass is 331 g/mol. The van der Waals surface area contributed by atoms with E-state index in [0.29, 0.717) is 12.5 Å². The molecule has 0 aromatic carbocycles. The van der Waals surface area contributed by atoms with Gasteiger partial charge in [-0.2, -0.15) is 0 Å². The van der Waals surface area contributed by atoms with Crippen molar-refractivity contribution in [3.63, 3.8) is 0 Å². The van der Waals surface area contributed by atoms with Gasteiger partial charge in [0.15, 0.2) is 0 Å². The van der Waals surface area contributed by atoms with Crippen LogP contribution < -0.4 is 56.3 Å². The molecule has 0 amide bonds. The molecule has 0 aliphatic heterocycles. The van der Waals surface area contributed by atoms with E-state index in [-0.39, 0.29) is 57.7 Å². The van der Waals surface area contributed by atoms with Gasteiger partial charge < -0.3 is 14.0 Å². The van der Waals surface area contributed by atoms with Crippen LogP contribution in [0, 0.1) is 5.92 Å². The first kappa shape index (κ1) is 24.0. The van der Waals surface area contributed by atoms with E-state index in [1.165, 1.54) is 0 Å². The molecule has 4 nitrogen and oxygen atoms in total. The van der Waals surface area contributed by atoms with Crippen LogP contribution in [0.4, 0.5) is 0 Å². The number of hydrogen-bond donors (Lipinski definition) is 0. The van der Waals surface area contributed by atoms with Crippen LogP contribution in [0.2, 0.25) is 0 Å². The Bertz CT molecular complexity index is 257. The van der Waals surface area contributed by atoms with E-state index in [2.05, 4.69) is 27.7 Å². The molecule has 116 valence electrons. The standard InChI is InChI=1S/C14H32NO3P.K/c1-5-7-10-15(11-8-6-2)13-19(16,17)18-12-9-14(3)4;/h14H,5-13H2,1-4H3,(H,16,17);/q;+1/p-1. The van der Waals surface area contributed by atoms with Gasteiger partial charge in [-0.15, -0.1) is 0 Å². The largest absolute Gasteiger partial charge is 1.00 e. The molecule has 1 atom stereocenters. The molecular formula is C14H31KNO3P. The summed E-state index contributed by atoms with van der Waals surface area (Å²) in [5.41, 5.74) is 0. The fourth-order valence-corrected chi connectivity index (χ4v) is 2.97. The first-order valence-electron chi connectivity index (χ1n) is 7.58. The molecule has 0 fully saturated rings. The Morgan fingerprint density at radius 3 is 2.05 bits per heavy atom. The fraction of sp³-hybridized carbons (Fsp3) is 1.00. The molecule has 0 saturated heterocycles. The van der Waals surface area contributed by atoms with Crippen LogP contribution in [0.3, 0.4) is 0 Å². The number of rotatable bonds is 12. The molecule has 0 aromatic heterocycles. The zero-order valence-corrected chi connectivity index (χ0v) is 18.1. The second-order valence-corrected chi connectivity index (χ2v) is 7.36. The second kappa shape index (κ2) is 14.3. The molecule has 0 radical (unpaired) electrons. The van der Waals surface area contributed by atoms with Gasteiger partial charge >= 0.3 is 51.4 Å². The summed E-state index contributed by atoms with van der Waals surface area (Å²) in [4.78, 5) is 13.9. The van der Waals surface area contributed by atoms with E-state index in [1.54, 1.807) is 0 Å². The second-order valence-electron chi connectivity index (χ2n) is 5.59. The summed E-state index contributed by atoms with van der Waals surface area (Å²) in [7, 11) is -3.71. The predicted octanol–water partition coefficient (Wildman–Crippen LogP) is 0.466. The summed E-state index contributed by atoms with van der Waals surface area (Å²) < 4.78 is 17.0. The Morgan fingerprint density at radius 1 is 1.15 bits per heavy atom. The Labute approximate surface area is 168 Å². The third-order valence-corrected chi connectivity index (χ3v) is 4.33. The van der Waals surface area contributed by atoms with Crippen LogP contribution in [0.1, 0.15) is 59.8 Å². The first-order chi connectivity index (χ1) is 8.91. The van der Waals surface area contributed by atoms with Crippen molar-refractivity contribution in [2.45, 2.75) is 59.8 Å². The third kappa shape index (κ3) is 14.7. The van der Waals surface area contributed by atoms with Crippen molar-refractivity contribution in [1.82, 2.24) is 4.90 Å². The van der Waals surface area contributed by atoms with Crippen molar-refractivity contribution in [1.29, 1.82) is 0 Å². The Balaban J connectivity index is 0. The SMILES string of the molecule is CCCCN(CCCC)CP(=O)([O-])OCCC(C)C.[K+]. The normalized spacial score (nSPS) is 14.3. The minimum atomic E-state index is -3.71. The van der Waals surface area contributed by atoms with Gasteiger partial charge in [0.1, 0.15) is 7.60 Å². The molecule has 0 N–H and O–H groups in total. The quantitative estimate of drug-likeness (QED) is 0.385.